The summed E-state index contributed by atoms with van der Waals surface area (Å²) < 4.78 is 31.9. The molecule has 162 valence electrons. The Morgan fingerprint density at radius 3 is 2.10 bits per heavy atom. The number of nitrogens with zero attached hydrogens (tertiary/aromatic N) is 1. The molecular weight excluding hydrogens is 412 g/mol. The van der Waals surface area contributed by atoms with Gasteiger partial charge in [-0.25, -0.2) is 8.42 Å². The first-order valence-electron chi connectivity index (χ1n) is 9.85. The molecule has 1 amide bonds. The molecule has 3 aromatic rings. The van der Waals surface area contributed by atoms with E-state index < -0.39 is 22.0 Å². The molecule has 0 spiro atoms. The van der Waals surface area contributed by atoms with Crippen molar-refractivity contribution in [2.75, 3.05) is 15.9 Å². The zero-order valence-electron chi connectivity index (χ0n) is 18.0. The number of carbonyl (C=O) groups is 1. The van der Waals surface area contributed by atoms with Crippen LogP contribution in [0.2, 0.25) is 0 Å². The molecule has 31 heavy (non-hydrogen) atoms. The average Bonchev–Trinajstić information content (AvgIpc) is 2.72. The Labute approximate surface area is 183 Å². The van der Waals surface area contributed by atoms with Crippen LogP contribution in [-0.2, 0) is 14.8 Å². The van der Waals surface area contributed by atoms with Gasteiger partial charge in [-0.2, -0.15) is 0 Å². The number of carbonyl (C=O) groups excluding carboxylic acids is 1. The lowest BCUT2D eigenvalue weighted by Gasteiger charge is -2.28. The Hall–Kier alpha value is -3.32. The molecule has 0 fully saturated rings. The third kappa shape index (κ3) is 5.64. The topological polar surface area (TPSA) is 75.7 Å². The number of benzene rings is 3. The third-order valence-corrected chi connectivity index (χ3v) is 6.17. The number of ether oxygens (including phenoxy) is 1. The molecule has 1 atom stereocenters. The van der Waals surface area contributed by atoms with Crippen LogP contribution in [0.4, 0.5) is 11.4 Å². The smallest absolute Gasteiger partial charge is 0.247 e. The Bertz CT molecular complexity index is 1160. The zero-order valence-corrected chi connectivity index (χ0v) is 18.8. The van der Waals surface area contributed by atoms with Gasteiger partial charge in [0.1, 0.15) is 17.5 Å². The minimum Gasteiger partial charge on any atom is -0.457 e. The van der Waals surface area contributed by atoms with Crippen LogP contribution in [0.15, 0.2) is 72.8 Å². The van der Waals surface area contributed by atoms with Crippen molar-refractivity contribution in [2.24, 2.45) is 0 Å². The van der Waals surface area contributed by atoms with E-state index in [2.05, 4.69) is 5.32 Å². The molecule has 3 rings (SSSR count). The molecule has 0 bridgehead atoms. The van der Waals surface area contributed by atoms with Crippen molar-refractivity contribution in [1.82, 2.24) is 0 Å². The lowest BCUT2D eigenvalue weighted by atomic mass is 10.1. The maximum absolute atomic E-state index is 12.8. The van der Waals surface area contributed by atoms with E-state index in [1.54, 1.807) is 37.3 Å². The number of hydrogen-bond acceptors (Lipinski definition) is 4. The minimum atomic E-state index is -3.71. The van der Waals surface area contributed by atoms with Crippen LogP contribution in [0.3, 0.4) is 0 Å². The standard InChI is InChI=1S/C24H26N2O4S/c1-17-10-11-20(16-18(17)2)25-24(27)19(3)26(31(4,28)29)21-12-14-23(15-13-21)30-22-8-6-5-7-9-22/h5-16,19H,1-4H3,(H,25,27)/t19-/m1/s1. The van der Waals surface area contributed by atoms with Crippen LogP contribution >= 0.6 is 0 Å². The molecule has 3 aromatic carbocycles. The maximum Gasteiger partial charge on any atom is 0.247 e. The van der Waals surface area contributed by atoms with Gasteiger partial charge in [0.15, 0.2) is 0 Å². The van der Waals surface area contributed by atoms with Crippen LogP contribution in [0.1, 0.15) is 18.1 Å². The monoisotopic (exact) mass is 438 g/mol. The molecule has 7 heteroatoms. The van der Waals surface area contributed by atoms with Crippen LogP contribution < -0.4 is 14.4 Å². The first-order valence-corrected chi connectivity index (χ1v) is 11.7. The van der Waals surface area contributed by atoms with Gasteiger partial charge in [-0.1, -0.05) is 24.3 Å². The molecule has 1 N–H and O–H groups in total. The number of aryl methyl sites for hydroxylation is 2. The molecule has 0 aliphatic carbocycles. The van der Waals surface area contributed by atoms with Crippen LogP contribution in [-0.4, -0.2) is 26.6 Å². The summed E-state index contributed by atoms with van der Waals surface area (Å²) in [5, 5.41) is 2.81. The minimum absolute atomic E-state index is 0.380. The third-order valence-electron chi connectivity index (χ3n) is 4.93. The van der Waals surface area contributed by atoms with Crippen molar-refractivity contribution in [2.45, 2.75) is 26.8 Å². The zero-order chi connectivity index (χ0) is 22.6. The lowest BCUT2D eigenvalue weighted by Crippen LogP contribution is -2.45. The van der Waals surface area contributed by atoms with Gasteiger partial charge in [0, 0.05) is 5.69 Å². The Morgan fingerprint density at radius 1 is 0.903 bits per heavy atom. The summed E-state index contributed by atoms with van der Waals surface area (Å²) in [6.45, 7) is 5.50. The van der Waals surface area contributed by atoms with Gasteiger partial charge >= 0.3 is 0 Å². The Balaban J connectivity index is 1.80. The van der Waals surface area contributed by atoms with E-state index >= 15 is 0 Å². The normalized spacial score (nSPS) is 12.1. The number of amides is 1. The van der Waals surface area contributed by atoms with Crippen molar-refractivity contribution in [1.29, 1.82) is 0 Å². The van der Waals surface area contributed by atoms with Crippen LogP contribution in [0, 0.1) is 13.8 Å². The van der Waals surface area contributed by atoms with E-state index in [4.69, 9.17) is 4.74 Å². The molecule has 0 unspecified atom stereocenters. The summed E-state index contributed by atoms with van der Waals surface area (Å²) >= 11 is 0. The fourth-order valence-electron chi connectivity index (χ4n) is 3.16. The lowest BCUT2D eigenvalue weighted by molar-refractivity contribution is -0.116. The van der Waals surface area contributed by atoms with E-state index in [1.807, 2.05) is 56.3 Å². The first kappa shape index (κ1) is 22.4. The number of sulfonamides is 1. The molecular formula is C24H26N2O4S. The van der Waals surface area contributed by atoms with E-state index in [0.29, 0.717) is 22.9 Å². The highest BCUT2D eigenvalue weighted by Gasteiger charge is 2.29. The van der Waals surface area contributed by atoms with E-state index in [1.165, 1.54) is 0 Å². The summed E-state index contributed by atoms with van der Waals surface area (Å²) in [5.41, 5.74) is 3.16. The van der Waals surface area contributed by atoms with Gasteiger partial charge in [-0.15, -0.1) is 0 Å². The molecule has 0 saturated heterocycles. The van der Waals surface area contributed by atoms with Crippen molar-refractivity contribution >= 4 is 27.3 Å². The van der Waals surface area contributed by atoms with Gasteiger partial charge in [0.2, 0.25) is 15.9 Å². The van der Waals surface area contributed by atoms with Crippen molar-refractivity contribution in [3.63, 3.8) is 0 Å². The summed E-state index contributed by atoms with van der Waals surface area (Å²) in [5.74, 6) is 0.824. The second-order valence-electron chi connectivity index (χ2n) is 7.43. The summed E-state index contributed by atoms with van der Waals surface area (Å²) in [6, 6.07) is 20.5. The largest absolute Gasteiger partial charge is 0.457 e. The van der Waals surface area contributed by atoms with Crippen LogP contribution in [0.25, 0.3) is 0 Å². The van der Waals surface area contributed by atoms with Crippen molar-refractivity contribution < 1.29 is 17.9 Å². The molecule has 0 radical (unpaired) electrons. The average molecular weight is 439 g/mol. The van der Waals surface area contributed by atoms with Gasteiger partial charge in [0.05, 0.1) is 11.9 Å². The van der Waals surface area contributed by atoms with E-state index in [0.717, 1.165) is 21.7 Å². The highest BCUT2D eigenvalue weighted by Crippen LogP contribution is 2.27. The second-order valence-corrected chi connectivity index (χ2v) is 9.29. The van der Waals surface area contributed by atoms with Gasteiger partial charge in [-0.3, -0.25) is 9.10 Å². The maximum atomic E-state index is 12.8. The fourth-order valence-corrected chi connectivity index (χ4v) is 4.34. The molecule has 0 saturated carbocycles. The summed E-state index contributed by atoms with van der Waals surface area (Å²) in [6.07, 6.45) is 1.08. The number of rotatable bonds is 7. The Morgan fingerprint density at radius 2 is 1.52 bits per heavy atom. The Kier molecular flexibility index (Phi) is 6.65. The van der Waals surface area contributed by atoms with Gasteiger partial charge in [0.25, 0.3) is 0 Å². The van der Waals surface area contributed by atoms with Gasteiger partial charge in [-0.05, 0) is 80.4 Å². The molecule has 0 aromatic heterocycles. The van der Waals surface area contributed by atoms with E-state index in [-0.39, 0.29) is 0 Å². The molecule has 6 nitrogen and oxygen atoms in total. The molecule has 0 aliphatic heterocycles. The van der Waals surface area contributed by atoms with Gasteiger partial charge < -0.3 is 10.1 Å². The summed E-state index contributed by atoms with van der Waals surface area (Å²) in [7, 11) is -3.71. The highest BCUT2D eigenvalue weighted by atomic mass is 32.2. The van der Waals surface area contributed by atoms with Crippen molar-refractivity contribution in [3.8, 4) is 11.5 Å². The molecule has 0 heterocycles. The number of para-hydroxylation sites is 1. The quantitative estimate of drug-likeness (QED) is 0.570. The first-order chi connectivity index (χ1) is 14.6. The summed E-state index contributed by atoms with van der Waals surface area (Å²) in [4.78, 5) is 12.8. The SMILES string of the molecule is Cc1ccc(NC(=O)[C@@H](C)N(c2ccc(Oc3ccccc3)cc2)S(C)(=O)=O)cc1C. The highest BCUT2D eigenvalue weighted by molar-refractivity contribution is 7.92. The van der Waals surface area contributed by atoms with Crippen molar-refractivity contribution in [3.05, 3.63) is 83.9 Å². The number of nitrogens with one attached hydrogen (secondary N) is 1. The molecule has 0 aliphatic rings. The number of hydrogen-bond donors (Lipinski definition) is 1. The van der Waals surface area contributed by atoms with Crippen LogP contribution in [0.5, 0.6) is 11.5 Å². The van der Waals surface area contributed by atoms with E-state index in [9.17, 15) is 13.2 Å². The fraction of sp³-hybridized carbons (Fsp3) is 0.208. The number of anilines is 2. The predicted molar refractivity (Wildman–Crippen MR) is 124 cm³/mol. The predicted octanol–water partition coefficient (Wildman–Crippen LogP) is 4.89. The second kappa shape index (κ2) is 9.22.